The van der Waals surface area contributed by atoms with Crippen molar-refractivity contribution in [2.75, 3.05) is 13.2 Å². The Kier molecular flexibility index (Phi) is 3.30. The quantitative estimate of drug-likeness (QED) is 0.801. The van der Waals surface area contributed by atoms with Gasteiger partial charge in [-0.2, -0.15) is 5.10 Å². The highest BCUT2D eigenvalue weighted by atomic mass is 16.3. The summed E-state index contributed by atoms with van der Waals surface area (Å²) in [5.74, 6) is 0.229. The second-order valence-corrected chi connectivity index (χ2v) is 4.90. The van der Waals surface area contributed by atoms with E-state index in [-0.39, 0.29) is 17.9 Å². The lowest BCUT2D eigenvalue weighted by Gasteiger charge is -2.35. The molecule has 0 aromatic carbocycles. The monoisotopic (exact) mass is 223 g/mol. The van der Waals surface area contributed by atoms with E-state index in [9.17, 15) is 5.11 Å². The van der Waals surface area contributed by atoms with Crippen molar-refractivity contribution < 1.29 is 5.11 Å². The van der Waals surface area contributed by atoms with Crippen LogP contribution in [0.5, 0.6) is 0 Å². The highest BCUT2D eigenvalue weighted by Crippen LogP contribution is 2.47. The topological polar surface area (TPSA) is 64.1 Å². The third-order valence-electron chi connectivity index (χ3n) is 4.10. The van der Waals surface area contributed by atoms with Crippen molar-refractivity contribution in [1.82, 2.24) is 9.78 Å². The maximum absolute atomic E-state index is 9.72. The molecule has 1 unspecified atom stereocenters. The number of aryl methyl sites for hydroxylation is 1. The molecule has 1 aliphatic carbocycles. The zero-order valence-electron chi connectivity index (χ0n) is 9.89. The van der Waals surface area contributed by atoms with E-state index >= 15 is 0 Å². The molecular formula is C12H21N3O. The lowest BCUT2D eigenvalue weighted by atomic mass is 9.73. The van der Waals surface area contributed by atoms with Crippen LogP contribution in [0.15, 0.2) is 12.3 Å². The molecule has 16 heavy (non-hydrogen) atoms. The number of hydrogen-bond donors (Lipinski definition) is 2. The zero-order valence-corrected chi connectivity index (χ0v) is 9.89. The van der Waals surface area contributed by atoms with Gasteiger partial charge < -0.3 is 10.8 Å². The van der Waals surface area contributed by atoms with Gasteiger partial charge in [0.1, 0.15) is 0 Å². The Labute approximate surface area is 96.5 Å². The van der Waals surface area contributed by atoms with Gasteiger partial charge in [-0.1, -0.05) is 12.8 Å². The maximum Gasteiger partial charge on any atom is 0.0494 e. The minimum Gasteiger partial charge on any atom is -0.396 e. The summed E-state index contributed by atoms with van der Waals surface area (Å²) in [5, 5.41) is 13.9. The van der Waals surface area contributed by atoms with Crippen molar-refractivity contribution in [3.05, 3.63) is 18.0 Å². The summed E-state index contributed by atoms with van der Waals surface area (Å²) in [5.41, 5.74) is 7.06. The lowest BCUT2D eigenvalue weighted by Crippen LogP contribution is -2.35. The molecule has 1 aromatic heterocycles. The molecule has 1 saturated carbocycles. The highest BCUT2D eigenvalue weighted by Gasteiger charge is 2.41. The molecule has 1 atom stereocenters. The summed E-state index contributed by atoms with van der Waals surface area (Å²) < 4.78 is 1.88. The predicted octanol–water partition coefficient (Wildman–Crippen LogP) is 1.02. The van der Waals surface area contributed by atoms with Crippen LogP contribution in [-0.2, 0) is 7.05 Å². The van der Waals surface area contributed by atoms with E-state index in [1.54, 1.807) is 6.20 Å². The highest BCUT2D eigenvalue weighted by molar-refractivity contribution is 5.14. The second-order valence-electron chi connectivity index (χ2n) is 4.90. The van der Waals surface area contributed by atoms with Gasteiger partial charge in [0.15, 0.2) is 0 Å². The molecule has 0 saturated heterocycles. The van der Waals surface area contributed by atoms with Gasteiger partial charge in [0.05, 0.1) is 0 Å². The summed E-state index contributed by atoms with van der Waals surface area (Å²) >= 11 is 0. The molecule has 4 nitrogen and oxygen atoms in total. The average Bonchev–Trinajstić information content (AvgIpc) is 2.91. The Morgan fingerprint density at radius 1 is 1.56 bits per heavy atom. The van der Waals surface area contributed by atoms with Crippen LogP contribution < -0.4 is 5.73 Å². The fourth-order valence-electron chi connectivity index (χ4n) is 3.11. The Bertz CT molecular complexity index is 342. The molecule has 0 amide bonds. The lowest BCUT2D eigenvalue weighted by molar-refractivity contribution is 0.0995. The molecule has 1 heterocycles. The normalized spacial score (nSPS) is 21.2. The van der Waals surface area contributed by atoms with Gasteiger partial charge >= 0.3 is 0 Å². The van der Waals surface area contributed by atoms with E-state index in [1.165, 1.54) is 12.8 Å². The van der Waals surface area contributed by atoms with Gasteiger partial charge in [-0.15, -0.1) is 0 Å². The molecule has 0 aliphatic heterocycles. The number of nitrogens with zero attached hydrogens (tertiary/aromatic N) is 2. The first-order chi connectivity index (χ1) is 7.73. The van der Waals surface area contributed by atoms with Gasteiger partial charge in [0.25, 0.3) is 0 Å². The molecule has 0 bridgehead atoms. The van der Waals surface area contributed by atoms with E-state index in [0.29, 0.717) is 6.54 Å². The molecule has 0 radical (unpaired) electrons. The van der Waals surface area contributed by atoms with Crippen LogP contribution in [0, 0.1) is 5.41 Å². The van der Waals surface area contributed by atoms with Gasteiger partial charge in [-0.25, -0.2) is 0 Å². The smallest absolute Gasteiger partial charge is 0.0494 e. The van der Waals surface area contributed by atoms with E-state index in [0.717, 1.165) is 18.5 Å². The van der Waals surface area contributed by atoms with Crippen molar-refractivity contribution in [2.24, 2.45) is 18.2 Å². The van der Waals surface area contributed by atoms with Crippen molar-refractivity contribution in [1.29, 1.82) is 0 Å². The molecular weight excluding hydrogens is 202 g/mol. The number of nitrogens with two attached hydrogens (primary N) is 1. The van der Waals surface area contributed by atoms with Crippen molar-refractivity contribution in [3.63, 3.8) is 0 Å². The van der Waals surface area contributed by atoms with Gasteiger partial charge in [0, 0.05) is 43.4 Å². The summed E-state index contributed by atoms with van der Waals surface area (Å²) in [6.07, 6.45) is 6.37. The van der Waals surface area contributed by atoms with Gasteiger partial charge in [0.2, 0.25) is 0 Å². The Morgan fingerprint density at radius 3 is 2.69 bits per heavy atom. The Hall–Kier alpha value is -0.870. The van der Waals surface area contributed by atoms with Crippen LogP contribution in [0.3, 0.4) is 0 Å². The van der Waals surface area contributed by atoms with Crippen LogP contribution in [0.1, 0.15) is 37.3 Å². The van der Waals surface area contributed by atoms with Crippen molar-refractivity contribution in [3.8, 4) is 0 Å². The average molecular weight is 223 g/mol. The van der Waals surface area contributed by atoms with Crippen LogP contribution in [0.25, 0.3) is 0 Å². The number of aliphatic hydroxyl groups excluding tert-OH is 1. The largest absolute Gasteiger partial charge is 0.396 e. The number of aromatic nitrogens is 2. The molecule has 1 aliphatic rings. The molecule has 90 valence electrons. The molecule has 4 heteroatoms. The van der Waals surface area contributed by atoms with Crippen LogP contribution in [-0.4, -0.2) is 28.0 Å². The fraction of sp³-hybridized carbons (Fsp3) is 0.750. The number of hydrogen-bond acceptors (Lipinski definition) is 3. The zero-order chi connectivity index (χ0) is 11.6. The van der Waals surface area contributed by atoms with E-state index < -0.39 is 0 Å². The van der Waals surface area contributed by atoms with Crippen molar-refractivity contribution >= 4 is 0 Å². The third kappa shape index (κ3) is 1.76. The first kappa shape index (κ1) is 11.6. The molecule has 1 fully saturated rings. The second kappa shape index (κ2) is 4.55. The standard InChI is InChI=1S/C12H21N3O/c1-15-11(4-7-14-15)10(8-13)12(9-16)5-2-3-6-12/h4,7,10,16H,2-3,5-6,8-9,13H2,1H3. The van der Waals surface area contributed by atoms with Gasteiger partial charge in [-0.3, -0.25) is 4.68 Å². The molecule has 2 rings (SSSR count). The molecule has 1 aromatic rings. The van der Waals surface area contributed by atoms with Crippen LogP contribution in [0.2, 0.25) is 0 Å². The van der Waals surface area contributed by atoms with E-state index in [2.05, 4.69) is 5.10 Å². The molecule has 3 N–H and O–H groups in total. The van der Waals surface area contributed by atoms with Crippen LogP contribution in [0.4, 0.5) is 0 Å². The van der Waals surface area contributed by atoms with Crippen LogP contribution >= 0.6 is 0 Å². The van der Waals surface area contributed by atoms with E-state index in [4.69, 9.17) is 5.73 Å². The predicted molar refractivity (Wildman–Crippen MR) is 63.0 cm³/mol. The summed E-state index contributed by atoms with van der Waals surface area (Å²) in [6.45, 7) is 0.820. The first-order valence-electron chi connectivity index (χ1n) is 6.02. The van der Waals surface area contributed by atoms with Gasteiger partial charge in [-0.05, 0) is 18.9 Å². The first-order valence-corrected chi connectivity index (χ1v) is 6.02. The maximum atomic E-state index is 9.72. The summed E-state index contributed by atoms with van der Waals surface area (Å²) in [7, 11) is 1.94. The van der Waals surface area contributed by atoms with E-state index in [1.807, 2.05) is 17.8 Å². The molecule has 0 spiro atoms. The Morgan fingerprint density at radius 2 is 2.25 bits per heavy atom. The number of rotatable bonds is 4. The SMILES string of the molecule is Cn1nccc1C(CN)C1(CO)CCCC1. The minimum absolute atomic E-state index is 0.0114. The summed E-state index contributed by atoms with van der Waals surface area (Å²) in [4.78, 5) is 0. The minimum atomic E-state index is -0.0114. The number of aliphatic hydroxyl groups is 1. The third-order valence-corrected chi connectivity index (χ3v) is 4.10. The summed E-state index contributed by atoms with van der Waals surface area (Å²) in [6, 6.07) is 2.02. The van der Waals surface area contributed by atoms with Crippen molar-refractivity contribution in [2.45, 2.75) is 31.6 Å². The Balaban J connectivity index is 2.31. The fourth-order valence-corrected chi connectivity index (χ4v) is 3.11.